The van der Waals surface area contributed by atoms with Gasteiger partial charge in [-0.05, 0) is 62.1 Å². The number of benzene rings is 1. The number of carbonyl (C=O) groups is 1. The summed E-state index contributed by atoms with van der Waals surface area (Å²) in [6.45, 7) is 6.73. The van der Waals surface area contributed by atoms with Crippen molar-refractivity contribution in [2.45, 2.75) is 44.1 Å². The molecule has 1 aromatic carbocycles. The second-order valence-corrected chi connectivity index (χ2v) is 11.3. The summed E-state index contributed by atoms with van der Waals surface area (Å²) in [5.74, 6) is 0. The van der Waals surface area contributed by atoms with Gasteiger partial charge >= 0.3 is 6.09 Å². The van der Waals surface area contributed by atoms with Gasteiger partial charge in [0, 0.05) is 43.1 Å². The minimum Gasteiger partial charge on any atom is -0.444 e. The van der Waals surface area contributed by atoms with Crippen LogP contribution in [0, 0.1) is 0 Å². The second-order valence-electron chi connectivity index (χ2n) is 9.25. The first-order valence-electron chi connectivity index (χ1n) is 10.7. The highest BCUT2D eigenvalue weighted by atomic mass is 32.2. The lowest BCUT2D eigenvalue weighted by atomic mass is 9.94. The Labute approximate surface area is 189 Å². The van der Waals surface area contributed by atoms with Crippen molar-refractivity contribution in [1.29, 1.82) is 0 Å². The Hall–Kier alpha value is -2.93. The highest BCUT2D eigenvalue weighted by molar-refractivity contribution is 7.90. The van der Waals surface area contributed by atoms with Crippen LogP contribution in [-0.4, -0.2) is 49.3 Å². The number of aromatic nitrogens is 1. The fourth-order valence-electron chi connectivity index (χ4n) is 3.97. The van der Waals surface area contributed by atoms with Gasteiger partial charge in [0.15, 0.2) is 9.84 Å². The first-order valence-corrected chi connectivity index (χ1v) is 12.6. The van der Waals surface area contributed by atoms with Crippen LogP contribution in [0.5, 0.6) is 0 Å². The van der Waals surface area contributed by atoms with E-state index in [1.165, 1.54) is 11.8 Å². The number of carbonyl (C=O) groups excluding carboxylic acids is 1. The fourth-order valence-corrected chi connectivity index (χ4v) is 4.64. The molecule has 168 valence electrons. The molecule has 1 aliphatic carbocycles. The van der Waals surface area contributed by atoms with Crippen molar-refractivity contribution >= 4 is 21.5 Å². The van der Waals surface area contributed by atoms with Crippen LogP contribution in [0.2, 0.25) is 0 Å². The molecule has 2 heterocycles. The quantitative estimate of drug-likeness (QED) is 0.677. The lowest BCUT2D eigenvalue weighted by molar-refractivity contribution is 0.0267. The van der Waals surface area contributed by atoms with E-state index in [2.05, 4.69) is 23.2 Å². The lowest BCUT2D eigenvalue weighted by Gasteiger charge is -2.30. The number of amides is 1. The van der Waals surface area contributed by atoms with Gasteiger partial charge in [-0.1, -0.05) is 24.3 Å². The van der Waals surface area contributed by atoms with Crippen LogP contribution in [0.25, 0.3) is 16.7 Å². The molecule has 7 heteroatoms. The van der Waals surface area contributed by atoms with Crippen molar-refractivity contribution in [3.63, 3.8) is 0 Å². The largest absolute Gasteiger partial charge is 0.444 e. The Morgan fingerprint density at radius 2 is 1.91 bits per heavy atom. The van der Waals surface area contributed by atoms with Gasteiger partial charge in [-0.2, -0.15) is 0 Å². The predicted molar refractivity (Wildman–Crippen MR) is 125 cm³/mol. The number of ether oxygens (including phenoxy) is 1. The molecule has 6 nitrogen and oxygen atoms in total. The number of fused-ring (bicyclic) bond motifs is 1. The van der Waals surface area contributed by atoms with Crippen LogP contribution in [-0.2, 0) is 21.0 Å². The molecule has 2 aromatic rings. The zero-order valence-corrected chi connectivity index (χ0v) is 19.7. The van der Waals surface area contributed by atoms with E-state index in [1.807, 2.05) is 26.8 Å². The first kappa shape index (κ1) is 22.3. The maximum Gasteiger partial charge on any atom is 0.410 e. The third kappa shape index (κ3) is 4.78. The summed E-state index contributed by atoms with van der Waals surface area (Å²) < 4.78 is 29.4. The Balaban J connectivity index is 1.57. The minimum atomic E-state index is -3.28. The van der Waals surface area contributed by atoms with Gasteiger partial charge in [-0.3, -0.25) is 4.98 Å². The van der Waals surface area contributed by atoms with Gasteiger partial charge in [-0.15, -0.1) is 0 Å². The monoisotopic (exact) mass is 452 g/mol. The highest BCUT2D eigenvalue weighted by Gasteiger charge is 2.26. The van der Waals surface area contributed by atoms with E-state index in [4.69, 9.17) is 4.74 Å². The molecular weight excluding hydrogens is 424 g/mol. The smallest absolute Gasteiger partial charge is 0.410 e. The van der Waals surface area contributed by atoms with Crippen molar-refractivity contribution in [1.82, 2.24) is 9.88 Å². The van der Waals surface area contributed by atoms with Gasteiger partial charge in [-0.25, -0.2) is 13.2 Å². The molecule has 0 fully saturated rings. The van der Waals surface area contributed by atoms with E-state index < -0.39 is 15.4 Å². The maximum atomic E-state index is 12.3. The molecule has 0 saturated carbocycles. The van der Waals surface area contributed by atoms with E-state index >= 15 is 0 Å². The summed E-state index contributed by atoms with van der Waals surface area (Å²) in [7, 11) is -3.28. The summed E-state index contributed by atoms with van der Waals surface area (Å²) in [6.07, 6.45) is 8.51. The third-order valence-electron chi connectivity index (χ3n) is 5.56. The summed E-state index contributed by atoms with van der Waals surface area (Å²) >= 11 is 0. The number of pyridine rings is 1. The number of allylic oxidation sites excluding steroid dienone is 2. The topological polar surface area (TPSA) is 76.6 Å². The van der Waals surface area contributed by atoms with E-state index in [0.29, 0.717) is 18.0 Å². The Bertz CT molecular complexity index is 1240. The second kappa shape index (κ2) is 8.20. The maximum absolute atomic E-state index is 12.3. The molecule has 0 atom stereocenters. The normalized spacial score (nSPS) is 16.3. The van der Waals surface area contributed by atoms with E-state index in [1.54, 1.807) is 29.3 Å². The number of hydrogen-bond donors (Lipinski definition) is 0. The molecule has 2 aliphatic rings. The molecule has 1 aliphatic heterocycles. The number of rotatable bonds is 3. The summed E-state index contributed by atoms with van der Waals surface area (Å²) in [5.41, 5.74) is 5.63. The molecule has 1 aromatic heterocycles. The van der Waals surface area contributed by atoms with Gasteiger partial charge in [0.25, 0.3) is 0 Å². The minimum absolute atomic E-state index is 0.289. The van der Waals surface area contributed by atoms with E-state index in [-0.39, 0.29) is 6.09 Å². The van der Waals surface area contributed by atoms with Crippen LogP contribution in [0.1, 0.15) is 38.4 Å². The number of sulfone groups is 1. The Kier molecular flexibility index (Phi) is 5.71. The zero-order valence-electron chi connectivity index (χ0n) is 18.9. The number of nitrogens with zero attached hydrogens (tertiary/aromatic N) is 2. The fraction of sp³-hybridized carbons (Fsp3) is 0.360. The van der Waals surface area contributed by atoms with Gasteiger partial charge in [0.1, 0.15) is 5.60 Å². The predicted octanol–water partition coefficient (Wildman–Crippen LogP) is 4.66. The molecule has 0 N–H and O–H groups in total. The molecule has 4 rings (SSSR count). The van der Waals surface area contributed by atoms with Crippen molar-refractivity contribution in [2.24, 2.45) is 0 Å². The zero-order chi connectivity index (χ0) is 23.1. The summed E-state index contributed by atoms with van der Waals surface area (Å²) in [5, 5.41) is 0. The van der Waals surface area contributed by atoms with E-state index in [0.717, 1.165) is 40.8 Å². The van der Waals surface area contributed by atoms with E-state index in [9.17, 15) is 13.2 Å². The molecule has 0 spiro atoms. The van der Waals surface area contributed by atoms with Crippen LogP contribution in [0.15, 0.2) is 59.1 Å². The van der Waals surface area contributed by atoms with Crippen LogP contribution < -0.4 is 0 Å². The SMILES string of the molecule is CC(C)(C)OC(=O)N1CC=C(C2=CCc3ncc(-c4cccc(S(C)(=O)=O)c4)cc32)CC1. The first-order chi connectivity index (χ1) is 15.0. The van der Waals surface area contributed by atoms with Crippen molar-refractivity contribution in [3.05, 3.63) is 65.5 Å². The van der Waals surface area contributed by atoms with Crippen molar-refractivity contribution in [3.8, 4) is 11.1 Å². The molecule has 0 saturated heterocycles. The lowest BCUT2D eigenvalue weighted by Crippen LogP contribution is -2.39. The molecule has 0 unspecified atom stereocenters. The molecule has 0 radical (unpaired) electrons. The van der Waals surface area contributed by atoms with Crippen LogP contribution >= 0.6 is 0 Å². The number of hydrogen-bond acceptors (Lipinski definition) is 5. The Morgan fingerprint density at radius 3 is 2.56 bits per heavy atom. The van der Waals surface area contributed by atoms with Crippen LogP contribution in [0.4, 0.5) is 4.79 Å². The van der Waals surface area contributed by atoms with Gasteiger partial charge in [0.05, 0.1) is 10.6 Å². The summed E-state index contributed by atoms with van der Waals surface area (Å²) in [6, 6.07) is 9.03. The van der Waals surface area contributed by atoms with Crippen LogP contribution in [0.3, 0.4) is 0 Å². The molecular formula is C25H28N2O4S. The third-order valence-corrected chi connectivity index (χ3v) is 6.67. The summed E-state index contributed by atoms with van der Waals surface area (Å²) in [4.78, 5) is 19.0. The molecule has 0 bridgehead atoms. The standard InChI is InChI=1S/C25H28N2O4S/c1-25(2,3)31-24(28)27-12-10-17(11-13-27)21-8-9-23-22(21)15-19(16-26-23)18-6-5-7-20(14-18)32(4,29)30/h5-8,10,14-16H,9,11-13H2,1-4H3. The Morgan fingerprint density at radius 1 is 1.12 bits per heavy atom. The average Bonchev–Trinajstić information content (AvgIpc) is 3.15. The highest BCUT2D eigenvalue weighted by Crippen LogP contribution is 2.37. The average molecular weight is 453 g/mol. The molecule has 1 amide bonds. The van der Waals surface area contributed by atoms with Gasteiger partial charge < -0.3 is 9.64 Å². The van der Waals surface area contributed by atoms with Crippen molar-refractivity contribution in [2.75, 3.05) is 19.3 Å². The van der Waals surface area contributed by atoms with Gasteiger partial charge in [0.2, 0.25) is 0 Å². The van der Waals surface area contributed by atoms with Crippen molar-refractivity contribution < 1.29 is 17.9 Å². The molecule has 32 heavy (non-hydrogen) atoms.